The van der Waals surface area contributed by atoms with Gasteiger partial charge < -0.3 is 9.88 Å². The zero-order chi connectivity index (χ0) is 12.1. The molecule has 1 N–H and O–H groups in total. The molecule has 0 saturated heterocycles. The lowest BCUT2D eigenvalue weighted by atomic mass is 9.93. The van der Waals surface area contributed by atoms with Gasteiger partial charge in [0.25, 0.3) is 0 Å². The molecule has 0 bridgehead atoms. The molecule has 0 aliphatic heterocycles. The Morgan fingerprint density at radius 2 is 2.12 bits per heavy atom. The van der Waals surface area contributed by atoms with Gasteiger partial charge in [-0.25, -0.2) is 4.98 Å². The summed E-state index contributed by atoms with van der Waals surface area (Å²) in [5.74, 6) is 0. The van der Waals surface area contributed by atoms with E-state index in [0.29, 0.717) is 6.04 Å². The first-order chi connectivity index (χ1) is 8.31. The van der Waals surface area contributed by atoms with Crippen LogP contribution < -0.4 is 5.32 Å². The zero-order valence-corrected chi connectivity index (χ0v) is 10.9. The average Bonchev–Trinajstić information content (AvgIpc) is 2.68. The van der Waals surface area contributed by atoms with Crippen molar-refractivity contribution >= 4 is 0 Å². The van der Waals surface area contributed by atoms with Gasteiger partial charge in [-0.1, -0.05) is 24.5 Å². The maximum atomic E-state index is 4.48. The Hall–Kier alpha value is -1.09. The van der Waals surface area contributed by atoms with Crippen molar-refractivity contribution in [2.75, 3.05) is 7.05 Å². The van der Waals surface area contributed by atoms with E-state index in [9.17, 15) is 0 Å². The fraction of sp³-hybridized carbons (Fsp3) is 0.643. The molecule has 17 heavy (non-hydrogen) atoms. The highest BCUT2D eigenvalue weighted by molar-refractivity contribution is 5.21. The molecule has 0 amide bonds. The molecule has 0 fully saturated rings. The lowest BCUT2D eigenvalue weighted by molar-refractivity contribution is 0.568. The van der Waals surface area contributed by atoms with Crippen molar-refractivity contribution in [3.63, 3.8) is 0 Å². The van der Waals surface area contributed by atoms with Crippen molar-refractivity contribution in [3.8, 4) is 0 Å². The highest BCUT2D eigenvalue weighted by Crippen LogP contribution is 2.27. The highest BCUT2D eigenvalue weighted by atomic mass is 15.0. The molecule has 1 atom stereocenters. The van der Waals surface area contributed by atoms with Gasteiger partial charge in [-0.2, -0.15) is 0 Å². The van der Waals surface area contributed by atoms with Gasteiger partial charge in [0.15, 0.2) is 0 Å². The zero-order valence-electron chi connectivity index (χ0n) is 10.9. The molecular weight excluding hydrogens is 210 g/mol. The van der Waals surface area contributed by atoms with Crippen LogP contribution in [-0.2, 0) is 7.05 Å². The summed E-state index contributed by atoms with van der Waals surface area (Å²) in [6.45, 7) is 0. The van der Waals surface area contributed by atoms with Crippen LogP contribution in [0.1, 0.15) is 50.3 Å². The van der Waals surface area contributed by atoms with Crippen LogP contribution in [0.15, 0.2) is 24.2 Å². The van der Waals surface area contributed by atoms with Crippen LogP contribution in [0, 0.1) is 0 Å². The molecule has 1 aliphatic rings. The van der Waals surface area contributed by atoms with Crippen LogP contribution in [0.3, 0.4) is 0 Å². The molecule has 2 rings (SSSR count). The first-order valence-corrected chi connectivity index (χ1v) is 6.65. The molecule has 3 heteroatoms. The Labute approximate surface area is 104 Å². The Morgan fingerprint density at radius 1 is 1.29 bits per heavy atom. The quantitative estimate of drug-likeness (QED) is 0.813. The van der Waals surface area contributed by atoms with E-state index in [1.807, 2.05) is 25.0 Å². The second-order valence-electron chi connectivity index (χ2n) is 4.92. The van der Waals surface area contributed by atoms with E-state index < -0.39 is 0 Å². The number of rotatable bonds is 3. The normalized spacial score (nSPS) is 19.3. The van der Waals surface area contributed by atoms with E-state index in [-0.39, 0.29) is 0 Å². The fourth-order valence-corrected chi connectivity index (χ4v) is 2.58. The molecule has 1 heterocycles. The Balaban J connectivity index is 2.16. The fourth-order valence-electron chi connectivity index (χ4n) is 2.58. The number of hydrogen-bond donors (Lipinski definition) is 1. The molecule has 0 aromatic carbocycles. The van der Waals surface area contributed by atoms with E-state index in [2.05, 4.69) is 22.6 Å². The molecular formula is C14H23N3. The van der Waals surface area contributed by atoms with Crippen molar-refractivity contribution in [2.45, 2.75) is 44.6 Å². The Bertz CT molecular complexity index is 379. The molecule has 1 aromatic heterocycles. The number of allylic oxidation sites excluding steroid dienone is 1. The lowest BCUT2D eigenvalue weighted by Crippen LogP contribution is -2.19. The number of imidazole rings is 1. The second kappa shape index (κ2) is 6.01. The van der Waals surface area contributed by atoms with Gasteiger partial charge in [0.05, 0.1) is 18.1 Å². The number of nitrogens with zero attached hydrogens (tertiary/aromatic N) is 2. The van der Waals surface area contributed by atoms with E-state index in [4.69, 9.17) is 0 Å². The molecule has 0 saturated carbocycles. The summed E-state index contributed by atoms with van der Waals surface area (Å²) in [5, 5.41) is 3.41. The van der Waals surface area contributed by atoms with Crippen molar-refractivity contribution in [1.82, 2.24) is 14.9 Å². The number of aryl methyl sites for hydroxylation is 1. The van der Waals surface area contributed by atoms with Crippen molar-refractivity contribution in [3.05, 3.63) is 29.9 Å². The second-order valence-corrected chi connectivity index (χ2v) is 4.92. The highest BCUT2D eigenvalue weighted by Gasteiger charge is 2.17. The smallest absolute Gasteiger partial charge is 0.0947 e. The summed E-state index contributed by atoms with van der Waals surface area (Å²) >= 11 is 0. The van der Waals surface area contributed by atoms with Crippen molar-refractivity contribution < 1.29 is 0 Å². The van der Waals surface area contributed by atoms with Gasteiger partial charge in [0, 0.05) is 13.2 Å². The molecule has 94 valence electrons. The van der Waals surface area contributed by atoms with Crippen LogP contribution in [0.5, 0.6) is 0 Å². The number of likely N-dealkylation sites (N-methyl/N-ethyl adjacent to an activating group) is 1. The van der Waals surface area contributed by atoms with Crippen molar-refractivity contribution in [2.24, 2.45) is 7.05 Å². The summed E-state index contributed by atoms with van der Waals surface area (Å²) in [6.07, 6.45) is 14.3. The largest absolute Gasteiger partial charge is 0.340 e. The van der Waals surface area contributed by atoms with Crippen LogP contribution in [0.2, 0.25) is 0 Å². The third kappa shape index (κ3) is 3.19. The maximum absolute atomic E-state index is 4.48. The molecule has 3 nitrogen and oxygen atoms in total. The minimum atomic E-state index is 0.300. The summed E-state index contributed by atoms with van der Waals surface area (Å²) in [4.78, 5) is 4.48. The van der Waals surface area contributed by atoms with Crippen LogP contribution >= 0.6 is 0 Å². The monoisotopic (exact) mass is 233 g/mol. The van der Waals surface area contributed by atoms with Gasteiger partial charge in [-0.15, -0.1) is 0 Å². The van der Waals surface area contributed by atoms with Crippen LogP contribution in [0.25, 0.3) is 0 Å². The van der Waals surface area contributed by atoms with Gasteiger partial charge in [-0.3, -0.25) is 0 Å². The van der Waals surface area contributed by atoms with Crippen LogP contribution in [0.4, 0.5) is 0 Å². The van der Waals surface area contributed by atoms with E-state index in [1.165, 1.54) is 44.1 Å². The van der Waals surface area contributed by atoms with E-state index in [1.54, 1.807) is 0 Å². The van der Waals surface area contributed by atoms with Gasteiger partial charge >= 0.3 is 0 Å². The predicted octanol–water partition coefficient (Wildman–Crippen LogP) is 2.96. The minimum absolute atomic E-state index is 0.300. The SMILES string of the molecule is CNC(C1=CCCCCCC1)c1cn(C)cn1. The standard InChI is InChI=1S/C14H23N3/c1-15-14(13-10-17(2)11-16-13)12-8-6-4-3-5-7-9-12/h8,10-11,14-15H,3-7,9H2,1-2H3. The molecule has 0 radical (unpaired) electrons. The molecule has 1 aromatic rings. The maximum Gasteiger partial charge on any atom is 0.0947 e. The summed E-state index contributed by atoms with van der Waals surface area (Å²) in [5.41, 5.74) is 2.66. The Kier molecular flexibility index (Phi) is 4.37. The van der Waals surface area contributed by atoms with Crippen molar-refractivity contribution in [1.29, 1.82) is 0 Å². The topological polar surface area (TPSA) is 29.9 Å². The van der Waals surface area contributed by atoms with Crippen LogP contribution in [-0.4, -0.2) is 16.6 Å². The predicted molar refractivity (Wildman–Crippen MR) is 70.8 cm³/mol. The number of hydrogen-bond acceptors (Lipinski definition) is 2. The molecule has 1 aliphatic carbocycles. The summed E-state index contributed by atoms with van der Waals surface area (Å²) in [7, 11) is 4.05. The minimum Gasteiger partial charge on any atom is -0.340 e. The van der Waals surface area contributed by atoms with E-state index in [0.717, 1.165) is 5.69 Å². The van der Waals surface area contributed by atoms with Gasteiger partial charge in [0.1, 0.15) is 0 Å². The van der Waals surface area contributed by atoms with Gasteiger partial charge in [-0.05, 0) is 32.7 Å². The Morgan fingerprint density at radius 3 is 2.82 bits per heavy atom. The summed E-state index contributed by atoms with van der Waals surface area (Å²) < 4.78 is 2.02. The average molecular weight is 233 g/mol. The summed E-state index contributed by atoms with van der Waals surface area (Å²) in [6, 6.07) is 0.300. The van der Waals surface area contributed by atoms with Gasteiger partial charge in [0.2, 0.25) is 0 Å². The third-order valence-corrected chi connectivity index (χ3v) is 3.51. The number of nitrogens with one attached hydrogen (secondary N) is 1. The first-order valence-electron chi connectivity index (χ1n) is 6.65. The molecule has 0 spiro atoms. The van der Waals surface area contributed by atoms with E-state index >= 15 is 0 Å². The molecule has 1 unspecified atom stereocenters. The third-order valence-electron chi connectivity index (χ3n) is 3.51. The number of aromatic nitrogens is 2. The lowest BCUT2D eigenvalue weighted by Gasteiger charge is -2.20. The first kappa shape index (κ1) is 12.4.